The lowest BCUT2D eigenvalue weighted by Crippen LogP contribution is -2.50. The lowest BCUT2D eigenvalue weighted by Gasteiger charge is -2.32. The number of carbonyl (C=O) groups excluding carboxylic acids is 1. The molecular weight excluding hydrogens is 633 g/mol. The second-order valence-corrected chi connectivity index (χ2v) is 12.5. The zero-order valence-electron chi connectivity index (χ0n) is 20.3. The fraction of sp³-hybridized carbons (Fsp3) is 0.308. The number of benzene rings is 2. The first kappa shape index (κ1) is 30.0. The number of alkyl halides is 7. The third-order valence-electron chi connectivity index (χ3n) is 6.90. The summed E-state index contributed by atoms with van der Waals surface area (Å²) in [6, 6.07) is 10.9. The number of nitrogens with zero attached hydrogens (tertiary/aromatic N) is 2. The van der Waals surface area contributed by atoms with Crippen LogP contribution < -0.4 is 0 Å². The van der Waals surface area contributed by atoms with Gasteiger partial charge in [-0.2, -0.15) is 26.3 Å². The first-order chi connectivity index (χ1) is 18.5. The molecule has 1 amide bonds. The van der Waals surface area contributed by atoms with Crippen molar-refractivity contribution in [1.82, 2.24) is 9.88 Å². The molecule has 0 unspecified atom stereocenters. The number of rotatable bonds is 6. The van der Waals surface area contributed by atoms with E-state index in [-0.39, 0.29) is 42.0 Å². The first-order valence-corrected chi connectivity index (χ1v) is 13.9. The number of halogens is 8. The van der Waals surface area contributed by atoms with Gasteiger partial charge >= 0.3 is 18.0 Å². The maximum atomic E-state index is 14.6. The number of aromatic nitrogens is 1. The van der Waals surface area contributed by atoms with Gasteiger partial charge in [-0.05, 0) is 47.9 Å². The van der Waals surface area contributed by atoms with E-state index in [0.717, 1.165) is 12.1 Å². The van der Waals surface area contributed by atoms with Crippen LogP contribution in [0.3, 0.4) is 0 Å². The van der Waals surface area contributed by atoms with Gasteiger partial charge in [0, 0.05) is 35.5 Å². The van der Waals surface area contributed by atoms with Gasteiger partial charge in [0.15, 0.2) is 9.84 Å². The van der Waals surface area contributed by atoms with E-state index in [1.807, 2.05) is 0 Å². The van der Waals surface area contributed by atoms with E-state index in [4.69, 9.17) is 0 Å². The minimum atomic E-state index is -6.32. The molecule has 0 radical (unpaired) electrons. The maximum absolute atomic E-state index is 14.6. The zero-order chi connectivity index (χ0) is 29.6. The van der Waals surface area contributed by atoms with Crippen LogP contribution in [0.1, 0.15) is 23.1 Å². The molecule has 0 saturated carbocycles. The Labute approximate surface area is 233 Å². The van der Waals surface area contributed by atoms with Crippen LogP contribution in [0.25, 0.3) is 0 Å². The Kier molecular flexibility index (Phi) is 7.82. The topological polar surface area (TPSA) is 67.3 Å². The van der Waals surface area contributed by atoms with Gasteiger partial charge in [0.25, 0.3) is 0 Å². The second kappa shape index (κ2) is 10.4. The highest BCUT2D eigenvalue weighted by molar-refractivity contribution is 9.10. The molecule has 40 heavy (non-hydrogen) atoms. The van der Waals surface area contributed by atoms with E-state index >= 15 is 0 Å². The fourth-order valence-corrected chi connectivity index (χ4v) is 7.42. The van der Waals surface area contributed by atoms with Crippen LogP contribution in [-0.4, -0.2) is 49.7 Å². The summed E-state index contributed by atoms with van der Waals surface area (Å²) in [6.45, 7) is -0.485. The summed E-state index contributed by atoms with van der Waals surface area (Å²) >= 11 is 3.19. The van der Waals surface area contributed by atoms with Gasteiger partial charge < -0.3 is 4.90 Å². The van der Waals surface area contributed by atoms with Gasteiger partial charge in [0.1, 0.15) is 4.75 Å². The molecule has 1 saturated heterocycles. The zero-order valence-corrected chi connectivity index (χ0v) is 22.7. The predicted molar refractivity (Wildman–Crippen MR) is 133 cm³/mol. The van der Waals surface area contributed by atoms with Crippen molar-refractivity contribution in [2.24, 2.45) is 0 Å². The smallest absolute Gasteiger partial charge is 0.340 e. The van der Waals surface area contributed by atoms with E-state index < -0.39 is 50.6 Å². The van der Waals surface area contributed by atoms with Gasteiger partial charge in [0.2, 0.25) is 5.91 Å². The molecule has 0 spiro atoms. The highest BCUT2D eigenvalue weighted by atomic mass is 79.9. The largest absolute Gasteiger partial charge is 0.435 e. The molecule has 1 aromatic heterocycles. The van der Waals surface area contributed by atoms with Crippen LogP contribution >= 0.6 is 15.9 Å². The van der Waals surface area contributed by atoms with Gasteiger partial charge in [-0.1, -0.05) is 46.3 Å². The number of sulfone groups is 1. The number of likely N-dealkylation sites (tertiary alicyclic amines) is 1. The summed E-state index contributed by atoms with van der Waals surface area (Å²) < 4.78 is 121. The average Bonchev–Trinajstić information content (AvgIpc) is 3.35. The minimum Gasteiger partial charge on any atom is -0.340 e. The summed E-state index contributed by atoms with van der Waals surface area (Å²) in [7, 11) is -4.39. The van der Waals surface area contributed by atoms with Crippen LogP contribution in [0.15, 0.2) is 82.4 Å². The average molecular weight is 653 g/mol. The van der Waals surface area contributed by atoms with E-state index in [0.29, 0.717) is 10.0 Å². The van der Waals surface area contributed by atoms with E-state index in [1.54, 1.807) is 18.2 Å². The number of amides is 1. The van der Waals surface area contributed by atoms with Crippen LogP contribution in [-0.2, 0) is 31.5 Å². The third kappa shape index (κ3) is 5.11. The quantitative estimate of drug-likeness (QED) is 0.294. The van der Waals surface area contributed by atoms with Crippen LogP contribution in [0, 0.1) is 0 Å². The van der Waals surface area contributed by atoms with Crippen molar-refractivity contribution in [2.45, 2.75) is 40.5 Å². The number of pyridine rings is 1. The lowest BCUT2D eigenvalue weighted by molar-refractivity contribution is -0.348. The van der Waals surface area contributed by atoms with E-state index in [2.05, 4.69) is 20.9 Å². The summed E-state index contributed by atoms with van der Waals surface area (Å²) in [5.41, 5.74) is -6.98. The second-order valence-electron chi connectivity index (χ2n) is 9.28. The Morgan fingerprint density at radius 2 is 1.52 bits per heavy atom. The van der Waals surface area contributed by atoms with E-state index in [1.165, 1.54) is 35.5 Å². The summed E-state index contributed by atoms with van der Waals surface area (Å²) in [4.78, 5) is 18.0. The number of hydrogen-bond acceptors (Lipinski definition) is 4. The van der Waals surface area contributed by atoms with Crippen molar-refractivity contribution in [1.29, 1.82) is 0 Å². The molecule has 1 atom stereocenters. The number of hydrogen-bond donors (Lipinski definition) is 0. The van der Waals surface area contributed by atoms with Gasteiger partial charge in [-0.3, -0.25) is 9.78 Å². The standard InChI is InChI=1S/C26H20BrF7N2O3S/c27-20-2-1-3-21(15-20)40(38,39)23(10-13-36(16-23)22(37)14-17-8-11-35-12-9-17)18-4-6-19(7-5-18)24(28,25(29,30)31)26(32,33)34/h1-9,11-12,15H,10,13-14,16H2/t23-/m1/s1. The van der Waals surface area contributed by atoms with Gasteiger partial charge in [-0.15, -0.1) is 0 Å². The van der Waals surface area contributed by atoms with Gasteiger partial charge in [-0.25, -0.2) is 12.8 Å². The molecule has 3 aromatic rings. The van der Waals surface area contributed by atoms with Crippen molar-refractivity contribution in [3.05, 3.63) is 94.2 Å². The minimum absolute atomic E-state index is 0.0585. The molecule has 4 rings (SSSR count). The lowest BCUT2D eigenvalue weighted by atomic mass is 9.90. The summed E-state index contributed by atoms with van der Waals surface area (Å²) in [5, 5.41) is 0. The SMILES string of the molecule is O=C(Cc1ccncc1)N1CC[C@@](c2ccc(C(F)(C(F)(F)F)C(F)(F)F)cc2)(S(=O)(=O)c2cccc(Br)c2)C1. The Morgan fingerprint density at radius 3 is 2.08 bits per heavy atom. The Balaban J connectivity index is 1.80. The van der Waals surface area contributed by atoms with Crippen molar-refractivity contribution in [2.75, 3.05) is 13.1 Å². The Bertz CT molecular complexity index is 1480. The molecule has 214 valence electrons. The summed E-state index contributed by atoms with van der Waals surface area (Å²) in [5.74, 6) is -0.439. The predicted octanol–water partition coefficient (Wildman–Crippen LogP) is 6.28. The van der Waals surface area contributed by atoms with Crippen molar-refractivity contribution >= 4 is 31.7 Å². The van der Waals surface area contributed by atoms with Gasteiger partial charge in [0.05, 0.1) is 11.3 Å². The Hall–Kier alpha value is -3.00. The normalized spacial score (nSPS) is 18.6. The molecular formula is C26H20BrF7N2O3S. The highest BCUT2D eigenvalue weighted by Gasteiger charge is 2.73. The highest BCUT2D eigenvalue weighted by Crippen LogP contribution is 2.53. The molecule has 2 aromatic carbocycles. The summed E-state index contributed by atoms with van der Waals surface area (Å²) in [6.07, 6.45) is -9.99. The molecule has 0 N–H and O–H groups in total. The van der Waals surface area contributed by atoms with Crippen molar-refractivity contribution < 1.29 is 43.9 Å². The van der Waals surface area contributed by atoms with Crippen LogP contribution in [0.5, 0.6) is 0 Å². The molecule has 2 heterocycles. The Morgan fingerprint density at radius 1 is 0.925 bits per heavy atom. The fourth-order valence-electron chi connectivity index (χ4n) is 4.74. The van der Waals surface area contributed by atoms with E-state index in [9.17, 15) is 43.9 Å². The van der Waals surface area contributed by atoms with Crippen LogP contribution in [0.4, 0.5) is 30.7 Å². The molecule has 1 fully saturated rings. The molecule has 1 aliphatic heterocycles. The molecule has 5 nitrogen and oxygen atoms in total. The third-order valence-corrected chi connectivity index (χ3v) is 9.87. The van der Waals surface area contributed by atoms with Crippen LogP contribution in [0.2, 0.25) is 0 Å². The maximum Gasteiger partial charge on any atom is 0.435 e. The molecule has 14 heteroatoms. The van der Waals surface area contributed by atoms with Crippen molar-refractivity contribution in [3.8, 4) is 0 Å². The number of carbonyl (C=O) groups is 1. The monoisotopic (exact) mass is 652 g/mol. The molecule has 0 aliphatic carbocycles. The molecule has 1 aliphatic rings. The first-order valence-electron chi connectivity index (χ1n) is 11.6. The molecule has 0 bridgehead atoms. The van der Waals surface area contributed by atoms with Crippen molar-refractivity contribution in [3.63, 3.8) is 0 Å².